The second kappa shape index (κ2) is 6.11. The van der Waals surface area contributed by atoms with Crippen LogP contribution in [0.15, 0.2) is 34.9 Å². The van der Waals surface area contributed by atoms with Crippen molar-refractivity contribution in [1.82, 2.24) is 4.98 Å². The molecule has 7 heteroatoms. The molecule has 0 aliphatic carbocycles. The Labute approximate surface area is 128 Å². The van der Waals surface area contributed by atoms with Crippen LogP contribution in [0.3, 0.4) is 0 Å². The molecule has 0 spiro atoms. The number of benzene rings is 1. The number of carboxylic acid groups (broad SMARTS) is 1. The van der Waals surface area contributed by atoms with Crippen LogP contribution in [-0.2, 0) is 0 Å². The highest BCUT2D eigenvalue weighted by molar-refractivity contribution is 9.10. The number of carboxylic acids is 1. The van der Waals surface area contributed by atoms with E-state index in [1.807, 2.05) is 0 Å². The number of methoxy groups -OCH3 is 1. The minimum Gasteiger partial charge on any atom is -0.493 e. The van der Waals surface area contributed by atoms with Crippen LogP contribution in [0.4, 0.5) is 0 Å². The number of pyridine rings is 1. The van der Waals surface area contributed by atoms with Crippen LogP contribution >= 0.6 is 27.5 Å². The topological polar surface area (TPSA) is 68.7 Å². The predicted molar refractivity (Wildman–Crippen MR) is 77.0 cm³/mol. The Morgan fingerprint density at radius 2 is 2.10 bits per heavy atom. The van der Waals surface area contributed by atoms with Gasteiger partial charge in [-0.05, 0) is 40.2 Å². The molecule has 0 fully saturated rings. The molecule has 20 heavy (non-hydrogen) atoms. The lowest BCUT2D eigenvalue weighted by molar-refractivity contribution is 0.0696. The molecule has 2 rings (SSSR count). The number of carbonyl (C=O) groups is 1. The van der Waals surface area contributed by atoms with Gasteiger partial charge in [0.05, 0.1) is 22.2 Å². The van der Waals surface area contributed by atoms with Gasteiger partial charge in [0, 0.05) is 6.20 Å². The summed E-state index contributed by atoms with van der Waals surface area (Å²) in [5.41, 5.74) is 0.109. The average Bonchev–Trinajstić information content (AvgIpc) is 2.42. The fourth-order valence-corrected chi connectivity index (χ4v) is 2.19. The van der Waals surface area contributed by atoms with E-state index in [1.54, 1.807) is 6.07 Å². The quantitative estimate of drug-likeness (QED) is 0.895. The number of nitrogens with zero attached hydrogens (tertiary/aromatic N) is 1. The molecule has 1 aromatic heterocycles. The molecule has 104 valence electrons. The fraction of sp³-hybridized carbons (Fsp3) is 0.0769. The van der Waals surface area contributed by atoms with Crippen molar-refractivity contribution >= 4 is 33.5 Å². The Kier molecular flexibility index (Phi) is 4.46. The van der Waals surface area contributed by atoms with Crippen LogP contribution in [0.25, 0.3) is 0 Å². The van der Waals surface area contributed by atoms with Crippen molar-refractivity contribution in [2.75, 3.05) is 7.11 Å². The molecule has 0 saturated carbocycles. The summed E-state index contributed by atoms with van der Waals surface area (Å²) in [5.74, 6) is -0.0852. The summed E-state index contributed by atoms with van der Waals surface area (Å²) in [6.07, 6.45) is 1.44. The van der Waals surface area contributed by atoms with Gasteiger partial charge in [0.1, 0.15) is 0 Å². The highest BCUT2D eigenvalue weighted by atomic mass is 79.9. The number of rotatable bonds is 4. The van der Waals surface area contributed by atoms with E-state index in [1.165, 1.54) is 31.5 Å². The van der Waals surface area contributed by atoms with E-state index in [9.17, 15) is 4.79 Å². The van der Waals surface area contributed by atoms with E-state index >= 15 is 0 Å². The van der Waals surface area contributed by atoms with Gasteiger partial charge in [-0.15, -0.1) is 0 Å². The van der Waals surface area contributed by atoms with Crippen molar-refractivity contribution in [2.24, 2.45) is 0 Å². The first-order valence-corrected chi connectivity index (χ1v) is 6.58. The maximum atomic E-state index is 10.9. The SMILES string of the molecule is COc1cc(C(=O)O)ccc1Oc1ncc(Cl)cc1Br. The maximum Gasteiger partial charge on any atom is 0.335 e. The first kappa shape index (κ1) is 14.6. The molecule has 1 heterocycles. The number of hydrogen-bond donors (Lipinski definition) is 1. The van der Waals surface area contributed by atoms with Crippen molar-refractivity contribution in [3.63, 3.8) is 0 Å². The molecule has 0 aliphatic heterocycles. The van der Waals surface area contributed by atoms with Crippen molar-refractivity contribution in [3.05, 3.63) is 45.5 Å². The van der Waals surface area contributed by atoms with Gasteiger partial charge in [-0.3, -0.25) is 0 Å². The van der Waals surface area contributed by atoms with Crippen LogP contribution < -0.4 is 9.47 Å². The van der Waals surface area contributed by atoms with Gasteiger partial charge in [0.25, 0.3) is 0 Å². The Hall–Kier alpha value is -1.79. The molecular weight excluding hydrogens is 350 g/mol. The Morgan fingerprint density at radius 1 is 1.35 bits per heavy atom. The van der Waals surface area contributed by atoms with Crippen molar-refractivity contribution in [3.8, 4) is 17.4 Å². The van der Waals surface area contributed by atoms with Gasteiger partial charge in [-0.1, -0.05) is 11.6 Å². The second-order valence-electron chi connectivity index (χ2n) is 3.71. The van der Waals surface area contributed by atoms with Gasteiger partial charge >= 0.3 is 5.97 Å². The number of ether oxygens (including phenoxy) is 2. The zero-order valence-electron chi connectivity index (χ0n) is 10.3. The van der Waals surface area contributed by atoms with Gasteiger partial charge in [-0.2, -0.15) is 0 Å². The zero-order chi connectivity index (χ0) is 14.7. The van der Waals surface area contributed by atoms with Crippen molar-refractivity contribution < 1.29 is 19.4 Å². The molecule has 0 bridgehead atoms. The minimum absolute atomic E-state index is 0.109. The molecule has 0 saturated heterocycles. The maximum absolute atomic E-state index is 10.9. The smallest absolute Gasteiger partial charge is 0.335 e. The lowest BCUT2D eigenvalue weighted by atomic mass is 10.2. The van der Waals surface area contributed by atoms with Crippen LogP contribution in [0.5, 0.6) is 17.4 Å². The summed E-state index contributed by atoms with van der Waals surface area (Å²) < 4.78 is 11.3. The Morgan fingerprint density at radius 3 is 2.70 bits per heavy atom. The first-order chi connectivity index (χ1) is 9.51. The lowest BCUT2D eigenvalue weighted by Gasteiger charge is -2.11. The third-order valence-corrected chi connectivity index (χ3v) is 3.17. The largest absolute Gasteiger partial charge is 0.493 e. The summed E-state index contributed by atoms with van der Waals surface area (Å²) in [4.78, 5) is 14.9. The monoisotopic (exact) mass is 357 g/mol. The van der Waals surface area contributed by atoms with E-state index < -0.39 is 5.97 Å². The van der Waals surface area contributed by atoms with E-state index in [-0.39, 0.29) is 5.56 Å². The molecule has 0 atom stereocenters. The van der Waals surface area contributed by atoms with Gasteiger partial charge in [0.15, 0.2) is 11.5 Å². The Bertz CT molecular complexity index is 663. The number of hydrogen-bond acceptors (Lipinski definition) is 4. The normalized spacial score (nSPS) is 10.2. The van der Waals surface area contributed by atoms with Crippen LogP contribution in [0, 0.1) is 0 Å². The molecule has 0 amide bonds. The zero-order valence-corrected chi connectivity index (χ0v) is 12.6. The predicted octanol–water partition coefficient (Wildman–Crippen LogP) is 4.00. The summed E-state index contributed by atoms with van der Waals surface area (Å²) >= 11 is 9.08. The molecule has 0 unspecified atom stereocenters. The first-order valence-electron chi connectivity index (χ1n) is 5.41. The van der Waals surface area contributed by atoms with Crippen LogP contribution in [0.1, 0.15) is 10.4 Å². The molecule has 1 aromatic carbocycles. The average molecular weight is 359 g/mol. The van der Waals surface area contributed by atoms with E-state index in [0.29, 0.717) is 26.9 Å². The highest BCUT2D eigenvalue weighted by Gasteiger charge is 2.13. The molecular formula is C13H9BrClNO4. The van der Waals surface area contributed by atoms with Gasteiger partial charge < -0.3 is 14.6 Å². The molecule has 0 aliphatic rings. The number of aromatic carboxylic acids is 1. The van der Waals surface area contributed by atoms with Crippen molar-refractivity contribution in [2.45, 2.75) is 0 Å². The van der Waals surface area contributed by atoms with Crippen LogP contribution in [-0.4, -0.2) is 23.2 Å². The van der Waals surface area contributed by atoms with Gasteiger partial charge in [-0.25, -0.2) is 9.78 Å². The second-order valence-corrected chi connectivity index (χ2v) is 5.00. The van der Waals surface area contributed by atoms with E-state index in [2.05, 4.69) is 20.9 Å². The molecule has 2 aromatic rings. The summed E-state index contributed by atoms with van der Waals surface area (Å²) in [7, 11) is 1.43. The summed E-state index contributed by atoms with van der Waals surface area (Å²) in [6.45, 7) is 0. The number of halogens is 2. The van der Waals surface area contributed by atoms with Crippen LogP contribution in [0.2, 0.25) is 5.02 Å². The molecule has 5 nitrogen and oxygen atoms in total. The van der Waals surface area contributed by atoms with E-state index in [4.69, 9.17) is 26.2 Å². The van der Waals surface area contributed by atoms with E-state index in [0.717, 1.165) is 0 Å². The fourth-order valence-electron chi connectivity index (χ4n) is 1.47. The highest BCUT2D eigenvalue weighted by Crippen LogP contribution is 2.35. The lowest BCUT2D eigenvalue weighted by Crippen LogP contribution is -1.99. The third-order valence-electron chi connectivity index (χ3n) is 2.39. The molecule has 0 radical (unpaired) electrons. The summed E-state index contributed by atoms with van der Waals surface area (Å²) in [5, 5.41) is 9.40. The standard InChI is InChI=1S/C13H9BrClNO4/c1-19-11-4-7(13(17)18)2-3-10(11)20-12-9(14)5-8(15)6-16-12/h2-6H,1H3,(H,17,18). The van der Waals surface area contributed by atoms with Crippen molar-refractivity contribution in [1.29, 1.82) is 0 Å². The Balaban J connectivity index is 2.35. The molecule has 1 N–H and O–H groups in total. The van der Waals surface area contributed by atoms with Gasteiger partial charge in [0.2, 0.25) is 5.88 Å². The number of aromatic nitrogens is 1. The minimum atomic E-state index is -1.04. The summed E-state index contributed by atoms with van der Waals surface area (Å²) in [6, 6.07) is 5.94. The third kappa shape index (κ3) is 3.20.